The predicted molar refractivity (Wildman–Crippen MR) is 133 cm³/mol. The summed E-state index contributed by atoms with van der Waals surface area (Å²) in [5, 5.41) is 2.40. The number of hydrogen-bond donors (Lipinski definition) is 0. The number of aromatic nitrogens is 1. The number of benzene rings is 2. The molecule has 0 amide bonds. The van der Waals surface area contributed by atoms with Gasteiger partial charge < -0.3 is 23.8 Å². The van der Waals surface area contributed by atoms with E-state index in [0.717, 1.165) is 16.4 Å². The average molecular weight is 505 g/mol. The minimum Gasteiger partial charge on any atom is -0.497 e. The topological polar surface area (TPSA) is 87.2 Å². The fourth-order valence-corrected chi connectivity index (χ4v) is 6.84. The molecular formula is C24H28N2O6S2. The zero-order chi connectivity index (χ0) is 24.3. The van der Waals surface area contributed by atoms with Crippen LogP contribution in [0.4, 0.5) is 5.13 Å². The van der Waals surface area contributed by atoms with Gasteiger partial charge in [-0.25, -0.2) is 13.4 Å². The van der Waals surface area contributed by atoms with Gasteiger partial charge in [-0.15, -0.1) is 11.3 Å². The number of methoxy groups -OCH3 is 4. The quantitative estimate of drug-likeness (QED) is 0.449. The molecule has 1 saturated heterocycles. The summed E-state index contributed by atoms with van der Waals surface area (Å²) in [5.41, 5.74) is 1.78. The molecule has 0 aliphatic carbocycles. The Balaban J connectivity index is 1.47. The molecule has 8 nitrogen and oxygen atoms in total. The SMILES string of the molecule is COc1ccc(S(=O)(=O)C2CCN(c3nc(-c4ccc(OC)c(OC)c4)cs3)CC2)c(OC)c1. The second kappa shape index (κ2) is 10.1. The summed E-state index contributed by atoms with van der Waals surface area (Å²) in [6.45, 7) is 1.22. The average Bonchev–Trinajstić information content (AvgIpc) is 3.38. The number of piperidine rings is 1. The molecule has 0 atom stereocenters. The van der Waals surface area contributed by atoms with Crippen molar-refractivity contribution >= 4 is 26.3 Å². The van der Waals surface area contributed by atoms with Gasteiger partial charge >= 0.3 is 0 Å². The van der Waals surface area contributed by atoms with Gasteiger partial charge in [0, 0.05) is 30.1 Å². The first-order valence-electron chi connectivity index (χ1n) is 10.8. The van der Waals surface area contributed by atoms with Gasteiger partial charge in [0.25, 0.3) is 0 Å². The largest absolute Gasteiger partial charge is 0.497 e. The summed E-state index contributed by atoms with van der Waals surface area (Å²) in [4.78, 5) is 7.14. The molecule has 0 N–H and O–H groups in total. The lowest BCUT2D eigenvalue weighted by atomic mass is 10.1. The highest BCUT2D eigenvalue weighted by Crippen LogP contribution is 2.37. The number of rotatable bonds is 8. The lowest BCUT2D eigenvalue weighted by Crippen LogP contribution is -2.39. The zero-order valence-corrected chi connectivity index (χ0v) is 21.2. The summed E-state index contributed by atoms with van der Waals surface area (Å²) in [6.07, 6.45) is 1.03. The second-order valence-electron chi connectivity index (χ2n) is 7.83. The smallest absolute Gasteiger partial charge is 0.185 e. The highest BCUT2D eigenvalue weighted by atomic mass is 32.2. The number of thiazole rings is 1. The van der Waals surface area contributed by atoms with E-state index in [0.29, 0.717) is 48.9 Å². The Morgan fingerprint density at radius 3 is 2.24 bits per heavy atom. The van der Waals surface area contributed by atoms with Crippen LogP contribution in [0.3, 0.4) is 0 Å². The number of anilines is 1. The maximum atomic E-state index is 13.3. The molecule has 2 heterocycles. The minimum absolute atomic E-state index is 0.208. The van der Waals surface area contributed by atoms with Crippen LogP contribution in [-0.4, -0.2) is 60.2 Å². The van der Waals surface area contributed by atoms with Crippen molar-refractivity contribution in [3.8, 4) is 34.3 Å². The van der Waals surface area contributed by atoms with Crippen molar-refractivity contribution < 1.29 is 27.4 Å². The number of nitrogens with zero attached hydrogens (tertiary/aromatic N) is 2. The van der Waals surface area contributed by atoms with Crippen LogP contribution in [0, 0.1) is 0 Å². The summed E-state index contributed by atoms with van der Waals surface area (Å²) in [7, 11) is 2.67. The van der Waals surface area contributed by atoms with Crippen molar-refractivity contribution in [2.45, 2.75) is 23.0 Å². The van der Waals surface area contributed by atoms with E-state index in [1.54, 1.807) is 43.8 Å². The Hall–Kier alpha value is -2.98. The fourth-order valence-electron chi connectivity index (χ4n) is 4.08. The molecule has 0 unspecified atom stereocenters. The zero-order valence-electron chi connectivity index (χ0n) is 19.6. The van der Waals surface area contributed by atoms with Crippen molar-refractivity contribution in [1.29, 1.82) is 0 Å². The van der Waals surface area contributed by atoms with Gasteiger partial charge in [0.2, 0.25) is 0 Å². The monoisotopic (exact) mass is 504 g/mol. The Morgan fingerprint density at radius 2 is 1.59 bits per heavy atom. The van der Waals surface area contributed by atoms with Gasteiger partial charge in [0.15, 0.2) is 26.5 Å². The van der Waals surface area contributed by atoms with E-state index in [-0.39, 0.29) is 4.90 Å². The Kier molecular flexibility index (Phi) is 7.18. The molecule has 0 saturated carbocycles. The van der Waals surface area contributed by atoms with Gasteiger partial charge in [0.05, 0.1) is 39.4 Å². The Labute approximate surface area is 204 Å². The number of ether oxygens (including phenoxy) is 4. The van der Waals surface area contributed by atoms with Crippen molar-refractivity contribution in [1.82, 2.24) is 4.98 Å². The molecule has 1 fully saturated rings. The molecular weight excluding hydrogens is 476 g/mol. The highest BCUT2D eigenvalue weighted by Gasteiger charge is 2.34. The van der Waals surface area contributed by atoms with E-state index in [1.165, 1.54) is 14.2 Å². The van der Waals surface area contributed by atoms with Crippen LogP contribution < -0.4 is 23.8 Å². The number of hydrogen-bond acceptors (Lipinski definition) is 9. The van der Waals surface area contributed by atoms with E-state index in [4.69, 9.17) is 23.9 Å². The van der Waals surface area contributed by atoms with Crippen molar-refractivity contribution in [3.63, 3.8) is 0 Å². The maximum absolute atomic E-state index is 13.3. The van der Waals surface area contributed by atoms with Crippen molar-refractivity contribution in [2.24, 2.45) is 0 Å². The Morgan fingerprint density at radius 1 is 0.882 bits per heavy atom. The summed E-state index contributed by atoms with van der Waals surface area (Å²) >= 11 is 1.55. The standard InChI is InChI=1S/C24H28N2O6S2/c1-29-17-6-8-23(22(14-17)32-4)34(27,28)18-9-11-26(12-10-18)24-25-19(15-33-24)16-5-7-20(30-2)21(13-16)31-3/h5-8,13-15,18H,9-12H2,1-4H3. The third-order valence-corrected chi connectivity index (χ3v) is 9.20. The van der Waals surface area contributed by atoms with E-state index in [2.05, 4.69) is 4.90 Å². The lowest BCUT2D eigenvalue weighted by Gasteiger charge is -2.31. The van der Waals surface area contributed by atoms with Crippen LogP contribution in [0.5, 0.6) is 23.0 Å². The van der Waals surface area contributed by atoms with Gasteiger partial charge in [-0.2, -0.15) is 0 Å². The second-order valence-corrected chi connectivity index (χ2v) is 10.9. The summed E-state index contributed by atoms with van der Waals surface area (Å²) in [6, 6.07) is 10.5. The van der Waals surface area contributed by atoms with Gasteiger partial charge in [0.1, 0.15) is 16.4 Å². The minimum atomic E-state index is -3.54. The van der Waals surface area contributed by atoms with Gasteiger partial charge in [-0.05, 0) is 43.2 Å². The summed E-state index contributed by atoms with van der Waals surface area (Å²) in [5.74, 6) is 2.17. The van der Waals surface area contributed by atoms with Gasteiger partial charge in [-0.3, -0.25) is 0 Å². The highest BCUT2D eigenvalue weighted by molar-refractivity contribution is 7.92. The third kappa shape index (κ3) is 4.65. The molecule has 1 aromatic heterocycles. The molecule has 0 radical (unpaired) electrons. The molecule has 0 spiro atoms. The maximum Gasteiger partial charge on any atom is 0.185 e. The van der Waals surface area contributed by atoms with Crippen molar-refractivity contribution in [2.75, 3.05) is 46.4 Å². The summed E-state index contributed by atoms with van der Waals surface area (Å²) < 4.78 is 47.9. The van der Waals surface area contributed by atoms with E-state index in [1.807, 2.05) is 23.6 Å². The van der Waals surface area contributed by atoms with E-state index < -0.39 is 15.1 Å². The van der Waals surface area contributed by atoms with Crippen LogP contribution in [0.25, 0.3) is 11.3 Å². The van der Waals surface area contributed by atoms with E-state index >= 15 is 0 Å². The van der Waals surface area contributed by atoms with Crippen molar-refractivity contribution in [3.05, 3.63) is 41.8 Å². The molecule has 1 aliphatic heterocycles. The molecule has 4 rings (SSSR count). The van der Waals surface area contributed by atoms with Crippen LogP contribution in [0.15, 0.2) is 46.7 Å². The first-order valence-corrected chi connectivity index (χ1v) is 13.2. The van der Waals surface area contributed by atoms with Crippen LogP contribution in [0.2, 0.25) is 0 Å². The Bertz CT molecular complexity index is 1250. The van der Waals surface area contributed by atoms with Gasteiger partial charge in [-0.1, -0.05) is 0 Å². The normalized spacial score (nSPS) is 14.6. The molecule has 0 bridgehead atoms. The molecule has 34 heavy (non-hydrogen) atoms. The van der Waals surface area contributed by atoms with Crippen LogP contribution in [-0.2, 0) is 9.84 Å². The molecule has 10 heteroatoms. The predicted octanol–water partition coefficient (Wildman–Crippen LogP) is 4.29. The lowest BCUT2D eigenvalue weighted by molar-refractivity contribution is 0.355. The first-order chi connectivity index (χ1) is 16.4. The van der Waals surface area contributed by atoms with Crippen LogP contribution in [0.1, 0.15) is 12.8 Å². The number of sulfone groups is 1. The molecule has 2 aromatic carbocycles. The molecule has 182 valence electrons. The first kappa shape index (κ1) is 24.2. The molecule has 3 aromatic rings. The van der Waals surface area contributed by atoms with E-state index in [9.17, 15) is 8.42 Å². The van der Waals surface area contributed by atoms with Crippen LogP contribution >= 0.6 is 11.3 Å². The fraction of sp³-hybridized carbons (Fsp3) is 0.375. The molecule has 1 aliphatic rings. The third-order valence-electron chi connectivity index (χ3n) is 6.00.